The van der Waals surface area contributed by atoms with Crippen molar-refractivity contribution in [3.05, 3.63) is 63.8 Å². The Morgan fingerprint density at radius 1 is 1.22 bits per heavy atom. The van der Waals surface area contributed by atoms with E-state index in [1.165, 1.54) is 17.4 Å². The predicted molar refractivity (Wildman–Crippen MR) is 110 cm³/mol. The Balaban J connectivity index is 2.19. The van der Waals surface area contributed by atoms with Gasteiger partial charge in [-0.1, -0.05) is 18.2 Å². The van der Waals surface area contributed by atoms with Crippen molar-refractivity contribution in [1.82, 2.24) is 0 Å². The lowest BCUT2D eigenvalue weighted by molar-refractivity contribution is 0.0980. The van der Waals surface area contributed by atoms with Gasteiger partial charge in [0.1, 0.15) is 5.82 Å². The van der Waals surface area contributed by atoms with Crippen molar-refractivity contribution >= 4 is 33.0 Å². The second-order valence-corrected chi connectivity index (χ2v) is 8.07. The van der Waals surface area contributed by atoms with Crippen LogP contribution in [-0.2, 0) is 11.3 Å². The summed E-state index contributed by atoms with van der Waals surface area (Å²) in [5.41, 5.74) is 3.63. The van der Waals surface area contributed by atoms with E-state index in [4.69, 9.17) is 4.74 Å². The quantitative estimate of drug-likeness (QED) is 0.551. The fourth-order valence-corrected chi connectivity index (χ4v) is 4.49. The number of aryl methyl sites for hydroxylation is 2. The monoisotopic (exact) mass is 385 g/mol. The smallest absolute Gasteiger partial charge is 0.269 e. The van der Waals surface area contributed by atoms with Gasteiger partial charge >= 0.3 is 0 Å². The van der Waals surface area contributed by atoms with Gasteiger partial charge < -0.3 is 9.64 Å². The van der Waals surface area contributed by atoms with Crippen LogP contribution in [0.25, 0.3) is 10.1 Å². The molecule has 0 aliphatic carbocycles. The van der Waals surface area contributed by atoms with Gasteiger partial charge in [0.15, 0.2) is 0 Å². The maximum atomic E-state index is 14.5. The highest BCUT2D eigenvalue weighted by Gasteiger charge is 2.28. The number of carbonyl (C=O) groups is 1. The van der Waals surface area contributed by atoms with Crippen molar-refractivity contribution in [2.45, 2.75) is 40.3 Å². The van der Waals surface area contributed by atoms with Crippen molar-refractivity contribution < 1.29 is 13.9 Å². The molecule has 0 atom stereocenters. The van der Waals surface area contributed by atoms with Gasteiger partial charge in [0.05, 0.1) is 11.5 Å². The van der Waals surface area contributed by atoms with E-state index in [0.29, 0.717) is 15.8 Å². The summed E-state index contributed by atoms with van der Waals surface area (Å²) in [4.78, 5) is 15.9. The van der Waals surface area contributed by atoms with Crippen LogP contribution in [0.2, 0.25) is 0 Å². The Morgan fingerprint density at radius 2 is 1.96 bits per heavy atom. The first-order chi connectivity index (χ1) is 12.8. The van der Waals surface area contributed by atoms with Crippen molar-refractivity contribution in [3.63, 3.8) is 0 Å². The summed E-state index contributed by atoms with van der Waals surface area (Å²) in [6.45, 7) is 8.18. The minimum absolute atomic E-state index is 0.0385. The third-order valence-corrected chi connectivity index (χ3v) is 5.79. The number of rotatable bonds is 5. The average molecular weight is 386 g/mol. The number of ether oxygens (including phenoxy) is 1. The van der Waals surface area contributed by atoms with E-state index >= 15 is 0 Å². The first-order valence-electron chi connectivity index (χ1n) is 8.94. The summed E-state index contributed by atoms with van der Waals surface area (Å²) in [7, 11) is 1.56. The molecule has 0 aliphatic heterocycles. The zero-order valence-electron chi connectivity index (χ0n) is 16.3. The molecule has 3 aromatic rings. The molecule has 1 aromatic heterocycles. The molecule has 0 unspecified atom stereocenters. The van der Waals surface area contributed by atoms with Crippen molar-refractivity contribution in [2.24, 2.45) is 0 Å². The molecular formula is C22H24FNO2S. The Morgan fingerprint density at radius 3 is 2.63 bits per heavy atom. The van der Waals surface area contributed by atoms with E-state index in [2.05, 4.69) is 0 Å². The van der Waals surface area contributed by atoms with Crippen LogP contribution >= 0.6 is 11.3 Å². The SMILES string of the molecule is COCc1c(C(=O)N(c2cc(C)ccc2C)C(C)C)sc2cccc(F)c12. The number of thiophene rings is 1. The number of hydrogen-bond acceptors (Lipinski definition) is 3. The minimum atomic E-state index is -0.322. The molecule has 3 rings (SSSR count). The van der Waals surface area contributed by atoms with Crippen molar-refractivity contribution in [2.75, 3.05) is 12.0 Å². The number of carbonyl (C=O) groups excluding carboxylic acids is 1. The maximum absolute atomic E-state index is 14.5. The molecular weight excluding hydrogens is 361 g/mol. The largest absolute Gasteiger partial charge is 0.380 e. The first kappa shape index (κ1) is 19.5. The van der Waals surface area contributed by atoms with Gasteiger partial charge in [0.25, 0.3) is 5.91 Å². The van der Waals surface area contributed by atoms with Crippen LogP contribution in [0.3, 0.4) is 0 Å². The van der Waals surface area contributed by atoms with Crippen molar-refractivity contribution in [3.8, 4) is 0 Å². The van der Waals surface area contributed by atoms with Crippen LogP contribution in [0, 0.1) is 19.7 Å². The summed E-state index contributed by atoms with van der Waals surface area (Å²) in [5.74, 6) is -0.441. The molecule has 0 N–H and O–H groups in total. The van der Waals surface area contributed by atoms with E-state index in [9.17, 15) is 9.18 Å². The van der Waals surface area contributed by atoms with Gasteiger partial charge in [0.2, 0.25) is 0 Å². The predicted octanol–water partition coefficient (Wildman–Crippen LogP) is 5.86. The molecule has 0 fully saturated rings. The molecule has 0 aliphatic rings. The number of hydrogen-bond donors (Lipinski definition) is 0. The van der Waals surface area contributed by atoms with Crippen LogP contribution in [0.1, 0.15) is 40.2 Å². The van der Waals surface area contributed by atoms with Gasteiger partial charge in [-0.25, -0.2) is 4.39 Å². The zero-order valence-corrected chi connectivity index (χ0v) is 17.1. The zero-order chi connectivity index (χ0) is 19.7. The van der Waals surface area contributed by atoms with E-state index in [1.807, 2.05) is 52.0 Å². The Kier molecular flexibility index (Phi) is 5.63. The van der Waals surface area contributed by atoms with Crippen LogP contribution in [0.5, 0.6) is 0 Å². The molecule has 3 nitrogen and oxygen atoms in total. The third kappa shape index (κ3) is 3.62. The maximum Gasteiger partial charge on any atom is 0.269 e. The molecule has 142 valence electrons. The molecule has 0 saturated carbocycles. The van der Waals surface area contributed by atoms with Crippen LogP contribution < -0.4 is 4.90 Å². The lowest BCUT2D eigenvalue weighted by Crippen LogP contribution is -2.37. The highest BCUT2D eigenvalue weighted by atomic mass is 32.1. The molecule has 5 heteroatoms. The lowest BCUT2D eigenvalue weighted by Gasteiger charge is -2.28. The van der Waals surface area contributed by atoms with Crippen LogP contribution in [-0.4, -0.2) is 19.1 Å². The molecule has 1 heterocycles. The molecule has 0 saturated heterocycles. The summed E-state index contributed by atoms with van der Waals surface area (Å²) in [6, 6.07) is 11.0. The first-order valence-corrected chi connectivity index (χ1v) is 9.76. The van der Waals surface area contributed by atoms with E-state index < -0.39 is 0 Å². The summed E-state index contributed by atoms with van der Waals surface area (Å²) in [6.07, 6.45) is 0. The summed E-state index contributed by atoms with van der Waals surface area (Å²) in [5, 5.41) is 0.484. The lowest BCUT2D eigenvalue weighted by atomic mass is 10.1. The average Bonchev–Trinajstić information content (AvgIpc) is 2.98. The normalized spacial score (nSPS) is 11.4. The second kappa shape index (κ2) is 7.79. The number of benzene rings is 2. The standard InChI is InChI=1S/C22H24FNO2S/c1-13(2)24(18-11-14(3)9-10-15(18)4)22(25)21-16(12-26-5)20-17(23)7-6-8-19(20)27-21/h6-11,13H,12H2,1-5H3. The molecule has 0 bridgehead atoms. The van der Waals surface area contributed by atoms with Gasteiger partial charge in [-0.2, -0.15) is 0 Å². The third-order valence-electron chi connectivity index (χ3n) is 4.61. The van der Waals surface area contributed by atoms with Crippen LogP contribution in [0.15, 0.2) is 36.4 Å². The fraction of sp³-hybridized carbons (Fsp3) is 0.318. The van der Waals surface area contributed by atoms with Gasteiger partial charge in [0, 0.05) is 34.5 Å². The van der Waals surface area contributed by atoms with E-state index in [1.54, 1.807) is 18.1 Å². The number of fused-ring (bicyclic) bond motifs is 1. The Labute approximate surface area is 163 Å². The van der Waals surface area contributed by atoms with Gasteiger partial charge in [-0.15, -0.1) is 11.3 Å². The fourth-order valence-electron chi connectivity index (χ4n) is 3.33. The number of anilines is 1. The number of amides is 1. The topological polar surface area (TPSA) is 29.5 Å². The second-order valence-electron chi connectivity index (χ2n) is 7.01. The summed E-state index contributed by atoms with van der Waals surface area (Å²) < 4.78 is 20.5. The van der Waals surface area contributed by atoms with Gasteiger partial charge in [-0.3, -0.25) is 4.79 Å². The van der Waals surface area contributed by atoms with Crippen molar-refractivity contribution in [1.29, 1.82) is 0 Å². The highest BCUT2D eigenvalue weighted by Crippen LogP contribution is 2.36. The molecule has 0 spiro atoms. The number of nitrogens with zero attached hydrogens (tertiary/aromatic N) is 1. The molecule has 2 aromatic carbocycles. The number of halogens is 1. The minimum Gasteiger partial charge on any atom is -0.380 e. The Hall–Kier alpha value is -2.24. The number of methoxy groups -OCH3 is 1. The molecule has 0 radical (unpaired) electrons. The van der Waals surface area contributed by atoms with E-state index in [0.717, 1.165) is 21.5 Å². The molecule has 27 heavy (non-hydrogen) atoms. The van der Waals surface area contributed by atoms with E-state index in [-0.39, 0.29) is 24.4 Å². The highest BCUT2D eigenvalue weighted by molar-refractivity contribution is 7.21. The van der Waals surface area contributed by atoms with Gasteiger partial charge in [-0.05, 0) is 57.0 Å². The Bertz CT molecular complexity index is 993. The van der Waals surface area contributed by atoms with Crippen LogP contribution in [0.4, 0.5) is 10.1 Å². The molecule has 1 amide bonds. The summed E-state index contributed by atoms with van der Waals surface area (Å²) >= 11 is 1.33.